The van der Waals surface area contributed by atoms with E-state index in [0.717, 1.165) is 24.9 Å². The van der Waals surface area contributed by atoms with Crippen molar-refractivity contribution >= 4 is 11.7 Å². The van der Waals surface area contributed by atoms with Gasteiger partial charge in [-0.3, -0.25) is 19.3 Å². The third-order valence-corrected chi connectivity index (χ3v) is 6.87. The van der Waals surface area contributed by atoms with E-state index in [4.69, 9.17) is 4.74 Å². The number of pyridine rings is 1. The number of ether oxygens (including phenoxy) is 1. The van der Waals surface area contributed by atoms with Crippen molar-refractivity contribution in [3.63, 3.8) is 0 Å². The number of benzene rings is 1. The molecule has 0 bridgehead atoms. The Balaban J connectivity index is 0.00000126. The lowest BCUT2D eigenvalue weighted by Gasteiger charge is -2.38. The van der Waals surface area contributed by atoms with Crippen molar-refractivity contribution in [2.75, 3.05) is 20.2 Å². The van der Waals surface area contributed by atoms with E-state index in [-0.39, 0.29) is 41.3 Å². The fourth-order valence-corrected chi connectivity index (χ4v) is 5.30. The smallest absolute Gasteiger partial charge is 0.275 e. The summed E-state index contributed by atoms with van der Waals surface area (Å²) < 4.78 is 7.16. The van der Waals surface area contributed by atoms with Crippen LogP contribution < -0.4 is 10.2 Å². The minimum absolute atomic E-state index is 0.0149. The van der Waals surface area contributed by atoms with Crippen LogP contribution in [0.1, 0.15) is 65.9 Å². The Morgan fingerprint density at radius 3 is 2.58 bits per heavy atom. The number of methoxy groups -OCH3 is 1. The molecular formula is C26H33N3O4. The van der Waals surface area contributed by atoms with Gasteiger partial charge in [0, 0.05) is 31.7 Å². The number of carbonyl (C=O) groups excluding carboxylic acids is 2. The topological polar surface area (TPSA) is 71.8 Å². The first-order valence-corrected chi connectivity index (χ1v) is 12.0. The van der Waals surface area contributed by atoms with E-state index in [1.54, 1.807) is 10.8 Å². The predicted molar refractivity (Wildman–Crippen MR) is 127 cm³/mol. The lowest BCUT2D eigenvalue weighted by Crippen LogP contribution is -2.51. The van der Waals surface area contributed by atoms with E-state index < -0.39 is 5.43 Å². The van der Waals surface area contributed by atoms with Crippen LogP contribution in [-0.4, -0.2) is 58.5 Å². The fourth-order valence-electron chi connectivity index (χ4n) is 5.30. The normalized spacial score (nSPS) is 21.4. The zero-order chi connectivity index (χ0) is 23.5. The van der Waals surface area contributed by atoms with Gasteiger partial charge < -0.3 is 14.2 Å². The van der Waals surface area contributed by atoms with E-state index in [1.165, 1.54) is 13.5 Å². The molecule has 2 atom stereocenters. The lowest BCUT2D eigenvalue weighted by molar-refractivity contribution is 0.0451. The monoisotopic (exact) mass is 451 g/mol. The van der Waals surface area contributed by atoms with Crippen molar-refractivity contribution in [2.24, 2.45) is 0 Å². The Morgan fingerprint density at radius 1 is 1.09 bits per heavy atom. The maximum Gasteiger partial charge on any atom is 0.275 e. The summed E-state index contributed by atoms with van der Waals surface area (Å²) in [5.74, 6) is -0.415. The Labute approximate surface area is 194 Å². The molecule has 1 amide bonds. The van der Waals surface area contributed by atoms with Crippen molar-refractivity contribution < 1.29 is 14.3 Å². The molecular weight excluding hydrogens is 418 g/mol. The number of aryl methyl sites for hydroxylation is 1. The summed E-state index contributed by atoms with van der Waals surface area (Å²) in [4.78, 5) is 43.7. The molecule has 0 radical (unpaired) electrons. The molecule has 33 heavy (non-hydrogen) atoms. The zero-order valence-electron chi connectivity index (χ0n) is 19.8. The third-order valence-electron chi connectivity index (χ3n) is 6.87. The summed E-state index contributed by atoms with van der Waals surface area (Å²) in [6, 6.07) is 10.1. The Kier molecular flexibility index (Phi) is 6.98. The molecule has 3 aliphatic heterocycles. The zero-order valence-corrected chi connectivity index (χ0v) is 19.8. The second-order valence-electron chi connectivity index (χ2n) is 8.64. The van der Waals surface area contributed by atoms with Crippen molar-refractivity contribution in [3.8, 4) is 5.75 Å². The quantitative estimate of drug-likeness (QED) is 0.652. The number of ketones is 1. The van der Waals surface area contributed by atoms with Gasteiger partial charge in [-0.05, 0) is 24.8 Å². The van der Waals surface area contributed by atoms with Crippen LogP contribution in [0.5, 0.6) is 5.75 Å². The van der Waals surface area contributed by atoms with Crippen LogP contribution in [0.4, 0.5) is 0 Å². The summed E-state index contributed by atoms with van der Waals surface area (Å²) >= 11 is 0. The molecule has 4 heterocycles. The van der Waals surface area contributed by atoms with E-state index in [0.29, 0.717) is 25.6 Å². The third kappa shape index (κ3) is 4.22. The highest BCUT2D eigenvalue weighted by Crippen LogP contribution is 2.35. The van der Waals surface area contributed by atoms with Gasteiger partial charge in [0.1, 0.15) is 6.17 Å². The molecule has 2 saturated heterocycles. The lowest BCUT2D eigenvalue weighted by atomic mass is 10.0. The van der Waals surface area contributed by atoms with Gasteiger partial charge in [-0.1, -0.05) is 50.6 Å². The summed E-state index contributed by atoms with van der Waals surface area (Å²) in [5.41, 5.74) is 0.929. The predicted octanol–water partition coefficient (Wildman–Crippen LogP) is 3.35. The minimum atomic E-state index is -0.490. The summed E-state index contributed by atoms with van der Waals surface area (Å²) in [6.07, 6.45) is 5.77. The number of hydrogen-bond donors (Lipinski definition) is 0. The Hall–Kier alpha value is -2.93. The number of rotatable bonds is 5. The van der Waals surface area contributed by atoms with Crippen LogP contribution in [-0.2, 0) is 13.0 Å². The van der Waals surface area contributed by atoms with E-state index in [9.17, 15) is 14.4 Å². The van der Waals surface area contributed by atoms with Gasteiger partial charge in [-0.25, -0.2) is 0 Å². The summed E-state index contributed by atoms with van der Waals surface area (Å²) in [5, 5.41) is 0. The van der Waals surface area contributed by atoms with E-state index in [1.807, 2.05) is 49.1 Å². The standard InChI is InChI=1S/C24H27N3O4.C2H6/c1-31-23-21-24(30)27-13-17-9-5-6-12-26(17)20(27)15-25(21)14-18(22(23)29)19(28)11-10-16-7-3-2-4-8-16;1-2/h2-4,7-8,14,17,20H,5-6,9-13,15H2,1H3;1-2H3/t17-,20-;/m1./s1. The van der Waals surface area contributed by atoms with Gasteiger partial charge in [0.15, 0.2) is 17.2 Å². The first kappa shape index (κ1) is 23.2. The molecule has 176 valence electrons. The number of carbonyl (C=O) groups is 2. The largest absolute Gasteiger partial charge is 0.491 e. The van der Waals surface area contributed by atoms with Crippen molar-refractivity contribution in [1.29, 1.82) is 0 Å². The van der Waals surface area contributed by atoms with Gasteiger partial charge in [0.25, 0.3) is 5.91 Å². The number of piperidine rings is 1. The molecule has 7 nitrogen and oxygen atoms in total. The maximum atomic E-state index is 13.3. The van der Waals surface area contributed by atoms with Crippen LogP contribution in [0.25, 0.3) is 0 Å². The molecule has 0 aliphatic carbocycles. The maximum absolute atomic E-state index is 13.3. The highest BCUT2D eigenvalue weighted by molar-refractivity contribution is 6.00. The van der Waals surface area contributed by atoms with Crippen LogP contribution in [0.2, 0.25) is 0 Å². The highest BCUT2D eigenvalue weighted by atomic mass is 16.5. The number of fused-ring (bicyclic) bond motifs is 4. The number of nitrogens with zero attached hydrogens (tertiary/aromatic N) is 3. The number of hydrogen-bond acceptors (Lipinski definition) is 5. The number of amides is 1. The number of Topliss-reactive ketones (excluding diaryl/α,β-unsaturated/α-hetero) is 1. The fraction of sp³-hybridized carbons (Fsp3) is 0.500. The molecule has 0 saturated carbocycles. The summed E-state index contributed by atoms with van der Waals surface area (Å²) in [6.45, 7) is 6.22. The van der Waals surface area contributed by atoms with E-state index >= 15 is 0 Å². The van der Waals surface area contributed by atoms with Crippen molar-refractivity contribution in [2.45, 2.75) is 64.7 Å². The molecule has 1 aromatic heterocycles. The van der Waals surface area contributed by atoms with Gasteiger partial charge >= 0.3 is 0 Å². The first-order chi connectivity index (χ1) is 16.1. The van der Waals surface area contributed by atoms with Gasteiger partial charge in [-0.2, -0.15) is 0 Å². The second-order valence-corrected chi connectivity index (χ2v) is 8.64. The Bertz CT molecular complexity index is 1080. The van der Waals surface area contributed by atoms with E-state index in [2.05, 4.69) is 4.90 Å². The molecule has 0 unspecified atom stereocenters. The first-order valence-electron chi connectivity index (χ1n) is 12.0. The van der Waals surface area contributed by atoms with Crippen LogP contribution in [0.3, 0.4) is 0 Å². The van der Waals surface area contributed by atoms with Gasteiger partial charge in [-0.15, -0.1) is 0 Å². The van der Waals surface area contributed by atoms with Gasteiger partial charge in [0.05, 0.1) is 19.2 Å². The van der Waals surface area contributed by atoms with Crippen LogP contribution in [0.15, 0.2) is 41.3 Å². The van der Waals surface area contributed by atoms with Crippen LogP contribution >= 0.6 is 0 Å². The molecule has 0 spiro atoms. The van der Waals surface area contributed by atoms with Crippen molar-refractivity contribution in [1.82, 2.24) is 14.4 Å². The van der Waals surface area contributed by atoms with Gasteiger partial charge in [0.2, 0.25) is 5.43 Å². The van der Waals surface area contributed by atoms with Crippen LogP contribution in [0, 0.1) is 0 Å². The minimum Gasteiger partial charge on any atom is -0.491 e. The molecule has 0 N–H and O–H groups in total. The molecule has 3 aliphatic rings. The molecule has 1 aromatic carbocycles. The molecule has 2 fully saturated rings. The average Bonchev–Trinajstić information content (AvgIpc) is 3.23. The second kappa shape index (κ2) is 9.91. The SMILES string of the molecule is CC.COc1c2n(cc(C(=O)CCc3ccccc3)c1=O)C[C@H]1N(C[C@H]3CCCCN31)C2=O. The molecule has 7 heteroatoms. The number of aromatic nitrogens is 1. The highest BCUT2D eigenvalue weighted by Gasteiger charge is 2.47. The van der Waals surface area contributed by atoms with Crippen molar-refractivity contribution in [3.05, 3.63) is 63.6 Å². The molecule has 2 aromatic rings. The molecule has 5 rings (SSSR count). The average molecular weight is 452 g/mol. The Morgan fingerprint density at radius 2 is 1.85 bits per heavy atom. The summed E-state index contributed by atoms with van der Waals surface area (Å²) in [7, 11) is 1.39.